The van der Waals surface area contributed by atoms with Gasteiger partial charge in [-0.25, -0.2) is 13.2 Å². The summed E-state index contributed by atoms with van der Waals surface area (Å²) in [6.07, 6.45) is -4.96. The smallest absolute Gasteiger partial charge is 0.416 e. The van der Waals surface area contributed by atoms with Crippen molar-refractivity contribution in [3.05, 3.63) is 62.7 Å². The number of halogens is 7. The molecule has 2 aromatic rings. The normalized spacial score (nSPS) is 11.1. The molecule has 0 saturated heterocycles. The van der Waals surface area contributed by atoms with E-state index in [1.165, 1.54) is 0 Å². The van der Waals surface area contributed by atoms with Crippen LogP contribution in [0.1, 0.15) is 5.56 Å². The predicted molar refractivity (Wildman–Crippen MR) is 71.7 cm³/mol. The van der Waals surface area contributed by atoms with Crippen molar-refractivity contribution >= 4 is 17.3 Å². The van der Waals surface area contributed by atoms with E-state index in [4.69, 9.17) is 21.9 Å². The van der Waals surface area contributed by atoms with Gasteiger partial charge in [0.15, 0.2) is 17.4 Å². The number of hydrogen-bond donors (Lipinski definition) is 0. The van der Waals surface area contributed by atoms with Crippen LogP contribution in [0, 0.1) is 17.5 Å². The Labute approximate surface area is 134 Å². The number of hydrogen-bond acceptors (Lipinski definition) is 2. The molecule has 0 atom stereocenters. The molecule has 0 unspecified atom stereocenters. The molecule has 0 bridgehead atoms. The summed E-state index contributed by atoms with van der Waals surface area (Å²) in [5.41, 5.74) is 6.15. The van der Waals surface area contributed by atoms with E-state index in [0.717, 1.165) is 6.07 Å². The molecule has 0 aliphatic carbocycles. The number of ether oxygens (including phenoxy) is 1. The Morgan fingerprint density at radius 3 is 2.08 bits per heavy atom. The maximum Gasteiger partial charge on any atom is 0.416 e. The molecule has 0 aliphatic rings. The van der Waals surface area contributed by atoms with Crippen molar-refractivity contribution in [3.63, 3.8) is 0 Å². The highest BCUT2D eigenvalue weighted by atomic mass is 35.5. The van der Waals surface area contributed by atoms with Gasteiger partial charge in [0, 0.05) is 4.91 Å². The fraction of sp³-hybridized carbons (Fsp3) is 0.0769. The summed E-state index contributed by atoms with van der Waals surface area (Å²) >= 11 is 5.64. The second-order valence-electron chi connectivity index (χ2n) is 4.29. The van der Waals surface area contributed by atoms with E-state index in [-0.39, 0.29) is 12.1 Å². The van der Waals surface area contributed by atoms with E-state index in [1.54, 1.807) is 0 Å². The zero-order valence-corrected chi connectivity index (χ0v) is 12.0. The minimum absolute atomic E-state index is 0.0319. The van der Waals surface area contributed by atoms with Crippen LogP contribution in [0.25, 0.3) is 10.4 Å². The first kappa shape index (κ1) is 17.8. The van der Waals surface area contributed by atoms with Gasteiger partial charge in [-0.15, -0.1) is 0 Å². The second kappa shape index (κ2) is 6.50. The number of rotatable bonds is 3. The van der Waals surface area contributed by atoms with Crippen LogP contribution in [-0.2, 0) is 6.18 Å². The minimum atomic E-state index is -4.96. The maximum absolute atomic E-state index is 13.7. The molecule has 0 spiro atoms. The van der Waals surface area contributed by atoms with Crippen molar-refractivity contribution in [2.45, 2.75) is 6.18 Å². The molecule has 24 heavy (non-hydrogen) atoms. The molecule has 0 amide bonds. The van der Waals surface area contributed by atoms with Crippen LogP contribution in [-0.4, -0.2) is 0 Å². The first-order valence-electron chi connectivity index (χ1n) is 5.91. The lowest BCUT2D eigenvalue weighted by atomic mass is 10.2. The molecule has 0 aromatic heterocycles. The Morgan fingerprint density at radius 2 is 1.58 bits per heavy atom. The summed E-state index contributed by atoms with van der Waals surface area (Å²) in [6.45, 7) is 0. The molecule has 11 heteroatoms. The molecule has 0 N–H and O–H groups in total. The average molecular weight is 368 g/mol. The number of alkyl halides is 3. The van der Waals surface area contributed by atoms with E-state index in [0.29, 0.717) is 6.07 Å². The van der Waals surface area contributed by atoms with E-state index in [2.05, 4.69) is 10.0 Å². The largest absolute Gasteiger partial charge is 0.450 e. The Morgan fingerprint density at radius 1 is 1.00 bits per heavy atom. The quantitative estimate of drug-likeness (QED) is 0.264. The summed E-state index contributed by atoms with van der Waals surface area (Å²) in [5, 5.41) is 2.53. The third-order valence-corrected chi connectivity index (χ3v) is 2.99. The van der Waals surface area contributed by atoms with Gasteiger partial charge in [0.25, 0.3) is 0 Å². The zero-order valence-electron chi connectivity index (χ0n) is 11.2. The van der Waals surface area contributed by atoms with Gasteiger partial charge in [0.2, 0.25) is 0 Å². The Bertz CT molecular complexity index is 825. The van der Waals surface area contributed by atoms with Crippen LogP contribution in [0.2, 0.25) is 5.02 Å². The fourth-order valence-electron chi connectivity index (χ4n) is 1.65. The zero-order chi connectivity index (χ0) is 18.1. The lowest BCUT2D eigenvalue weighted by Gasteiger charge is -2.13. The second-order valence-corrected chi connectivity index (χ2v) is 4.70. The van der Waals surface area contributed by atoms with Gasteiger partial charge in [-0.3, -0.25) is 0 Å². The van der Waals surface area contributed by atoms with Gasteiger partial charge in [0.1, 0.15) is 11.6 Å². The first-order valence-corrected chi connectivity index (χ1v) is 6.29. The summed E-state index contributed by atoms with van der Waals surface area (Å²) in [7, 11) is 0. The summed E-state index contributed by atoms with van der Waals surface area (Å²) in [5.74, 6) is -6.01. The van der Waals surface area contributed by atoms with Gasteiger partial charge in [-0.05, 0) is 29.8 Å². The third-order valence-electron chi connectivity index (χ3n) is 2.69. The van der Waals surface area contributed by atoms with Crippen LogP contribution < -0.4 is 4.74 Å². The molecule has 0 radical (unpaired) electrons. The SMILES string of the molecule is [N-]=[N+]=Nc1cc(Oc2c(F)cc(C(F)(F)F)cc2F)c(Cl)cc1F. The van der Waals surface area contributed by atoms with Gasteiger partial charge in [-0.2, -0.15) is 13.2 Å². The molecule has 0 fully saturated rings. The van der Waals surface area contributed by atoms with E-state index >= 15 is 0 Å². The Balaban J connectivity index is 2.49. The molecule has 126 valence electrons. The van der Waals surface area contributed by atoms with Crippen molar-refractivity contribution in [1.82, 2.24) is 0 Å². The molecule has 0 saturated carbocycles. The standard InChI is InChI=1S/C13H4ClF6N3O/c14-6-3-7(15)10(22-23-21)4-11(6)24-12-8(16)1-5(2-9(12)17)13(18,19)20/h1-4H. The highest BCUT2D eigenvalue weighted by Gasteiger charge is 2.33. The maximum atomic E-state index is 13.7. The van der Waals surface area contributed by atoms with Crippen LogP contribution in [0.4, 0.5) is 32.0 Å². The highest BCUT2D eigenvalue weighted by Crippen LogP contribution is 2.39. The lowest BCUT2D eigenvalue weighted by Crippen LogP contribution is -2.07. The van der Waals surface area contributed by atoms with Crippen molar-refractivity contribution in [2.75, 3.05) is 0 Å². The Kier molecular flexibility index (Phi) is 4.81. The monoisotopic (exact) mass is 367 g/mol. The molecular weight excluding hydrogens is 364 g/mol. The van der Waals surface area contributed by atoms with Gasteiger partial charge in [-0.1, -0.05) is 16.7 Å². The lowest BCUT2D eigenvalue weighted by molar-refractivity contribution is -0.138. The van der Waals surface area contributed by atoms with E-state index in [1.807, 2.05) is 0 Å². The van der Waals surface area contributed by atoms with Crippen LogP contribution >= 0.6 is 11.6 Å². The molecule has 2 aromatic carbocycles. The molecule has 4 nitrogen and oxygen atoms in total. The highest BCUT2D eigenvalue weighted by molar-refractivity contribution is 6.32. The predicted octanol–water partition coefficient (Wildman–Crippen LogP) is 6.51. The Hall–Kier alpha value is -2.58. The number of azide groups is 1. The molecule has 0 heterocycles. The number of nitrogens with zero attached hydrogens (tertiary/aromatic N) is 3. The van der Waals surface area contributed by atoms with Crippen molar-refractivity contribution in [3.8, 4) is 11.5 Å². The van der Waals surface area contributed by atoms with Gasteiger partial charge < -0.3 is 4.74 Å². The number of benzene rings is 2. The molecular formula is C13H4ClF6N3O. The summed E-state index contributed by atoms with van der Waals surface area (Å²) in [6, 6.07) is 1.46. The van der Waals surface area contributed by atoms with E-state index < -0.39 is 51.4 Å². The fourth-order valence-corrected chi connectivity index (χ4v) is 1.84. The van der Waals surface area contributed by atoms with Crippen LogP contribution in [0.5, 0.6) is 11.5 Å². The summed E-state index contributed by atoms with van der Waals surface area (Å²) < 4.78 is 83.1. The van der Waals surface area contributed by atoms with Crippen molar-refractivity contribution in [1.29, 1.82) is 0 Å². The van der Waals surface area contributed by atoms with Crippen molar-refractivity contribution in [2.24, 2.45) is 5.11 Å². The molecule has 2 rings (SSSR count). The average Bonchev–Trinajstić information content (AvgIpc) is 2.46. The third kappa shape index (κ3) is 3.66. The van der Waals surface area contributed by atoms with E-state index in [9.17, 15) is 26.3 Å². The van der Waals surface area contributed by atoms with Gasteiger partial charge in [0.05, 0.1) is 16.3 Å². The molecule has 0 aliphatic heterocycles. The minimum Gasteiger partial charge on any atom is -0.450 e. The topological polar surface area (TPSA) is 58.0 Å². The first-order chi connectivity index (χ1) is 11.1. The van der Waals surface area contributed by atoms with Gasteiger partial charge >= 0.3 is 6.18 Å². The van der Waals surface area contributed by atoms with Crippen LogP contribution in [0.15, 0.2) is 29.4 Å². The summed E-state index contributed by atoms with van der Waals surface area (Å²) in [4.78, 5) is 2.33. The van der Waals surface area contributed by atoms with Crippen molar-refractivity contribution < 1.29 is 31.1 Å². The van der Waals surface area contributed by atoms with Crippen LogP contribution in [0.3, 0.4) is 0 Å².